The van der Waals surface area contributed by atoms with Crippen LogP contribution in [0.5, 0.6) is 0 Å². The van der Waals surface area contributed by atoms with E-state index in [0.29, 0.717) is 17.0 Å². The summed E-state index contributed by atoms with van der Waals surface area (Å²) >= 11 is 0. The summed E-state index contributed by atoms with van der Waals surface area (Å²) in [5, 5.41) is 4.33. The van der Waals surface area contributed by atoms with Crippen LogP contribution in [0.1, 0.15) is 26.4 Å². The van der Waals surface area contributed by atoms with Gasteiger partial charge in [-0.25, -0.2) is 4.79 Å². The van der Waals surface area contributed by atoms with Gasteiger partial charge >= 0.3 is 5.97 Å². The summed E-state index contributed by atoms with van der Waals surface area (Å²) in [6, 6.07) is 12.5. The molecule has 126 valence electrons. The Kier molecular flexibility index (Phi) is 4.56. The van der Waals surface area contributed by atoms with Crippen LogP contribution in [0.2, 0.25) is 0 Å². The van der Waals surface area contributed by atoms with Crippen molar-refractivity contribution in [2.75, 3.05) is 0 Å². The van der Waals surface area contributed by atoms with E-state index >= 15 is 0 Å². The van der Waals surface area contributed by atoms with E-state index in [1.165, 1.54) is 12.3 Å². The van der Waals surface area contributed by atoms with Crippen molar-refractivity contribution in [2.24, 2.45) is 12.8 Å². The maximum absolute atomic E-state index is 12.5. The van der Waals surface area contributed by atoms with Gasteiger partial charge in [0, 0.05) is 25.0 Å². The van der Waals surface area contributed by atoms with E-state index in [4.69, 9.17) is 10.5 Å². The minimum absolute atomic E-state index is 0.152. The van der Waals surface area contributed by atoms with Gasteiger partial charge in [-0.1, -0.05) is 30.3 Å². The number of carbonyl (C=O) groups is 2. The Morgan fingerprint density at radius 2 is 1.88 bits per heavy atom. The van der Waals surface area contributed by atoms with Crippen LogP contribution in [-0.2, 0) is 18.4 Å². The molecule has 7 heteroatoms. The summed E-state index contributed by atoms with van der Waals surface area (Å²) in [7, 11) is 1.73. The van der Waals surface area contributed by atoms with E-state index in [1.54, 1.807) is 24.0 Å². The molecule has 7 nitrogen and oxygen atoms in total. The Hall–Kier alpha value is -3.48. The number of aryl methyl sites for hydroxylation is 1. The number of nitrogens with two attached hydrogens (primary N) is 1. The minimum Gasteiger partial charge on any atom is -0.455 e. The molecule has 0 radical (unpaired) electrons. The van der Waals surface area contributed by atoms with Gasteiger partial charge in [0.2, 0.25) is 0 Å². The van der Waals surface area contributed by atoms with Crippen LogP contribution in [0.15, 0.2) is 54.9 Å². The third kappa shape index (κ3) is 3.55. The van der Waals surface area contributed by atoms with Gasteiger partial charge in [0.25, 0.3) is 5.91 Å². The Balaban J connectivity index is 1.83. The zero-order chi connectivity index (χ0) is 17.8. The number of hydrogen-bond donors (Lipinski definition) is 1. The van der Waals surface area contributed by atoms with Crippen molar-refractivity contribution in [3.63, 3.8) is 0 Å². The quantitative estimate of drug-likeness (QED) is 0.718. The molecule has 0 aliphatic rings. The fourth-order valence-corrected chi connectivity index (χ4v) is 2.44. The molecule has 3 aromatic rings. The Labute approximate surface area is 144 Å². The number of benzene rings is 1. The molecule has 2 heterocycles. The fraction of sp³-hybridized carbons (Fsp3) is 0.111. The summed E-state index contributed by atoms with van der Waals surface area (Å²) in [4.78, 5) is 27.9. The zero-order valence-electron chi connectivity index (χ0n) is 13.5. The summed E-state index contributed by atoms with van der Waals surface area (Å²) in [5.41, 5.74) is 7.52. The summed E-state index contributed by atoms with van der Waals surface area (Å²) in [6.45, 7) is -0.152. The standard InChI is InChI=1S/C18H16N4O3/c1-22-10-14(16(21-22)12-6-3-2-4-7-12)18(24)25-11-15-13(17(19)23)8-5-9-20-15/h2-10H,11H2,1H3,(H2,19,23). The number of carbonyl (C=O) groups excluding carboxylic acids is 2. The van der Waals surface area contributed by atoms with Crippen LogP contribution in [-0.4, -0.2) is 26.6 Å². The molecule has 0 atom stereocenters. The Bertz CT molecular complexity index is 919. The topological polar surface area (TPSA) is 100 Å². The third-order valence-electron chi connectivity index (χ3n) is 3.59. The highest BCUT2D eigenvalue weighted by atomic mass is 16.5. The average Bonchev–Trinajstić information content (AvgIpc) is 3.02. The van der Waals surface area contributed by atoms with Crippen LogP contribution in [0, 0.1) is 0 Å². The lowest BCUT2D eigenvalue weighted by molar-refractivity contribution is 0.0466. The first-order valence-electron chi connectivity index (χ1n) is 7.56. The monoisotopic (exact) mass is 336 g/mol. The van der Waals surface area contributed by atoms with Gasteiger partial charge < -0.3 is 10.5 Å². The van der Waals surface area contributed by atoms with Gasteiger partial charge in [0.1, 0.15) is 17.9 Å². The molecule has 1 amide bonds. The zero-order valence-corrected chi connectivity index (χ0v) is 13.5. The number of rotatable bonds is 5. The number of amides is 1. The largest absolute Gasteiger partial charge is 0.455 e. The van der Waals surface area contributed by atoms with E-state index in [9.17, 15) is 9.59 Å². The average molecular weight is 336 g/mol. The van der Waals surface area contributed by atoms with Gasteiger partial charge in [-0.3, -0.25) is 14.5 Å². The van der Waals surface area contributed by atoms with Gasteiger partial charge in [0.05, 0.1) is 11.3 Å². The molecule has 2 N–H and O–H groups in total. The Morgan fingerprint density at radius 3 is 2.60 bits per heavy atom. The molecule has 1 aromatic carbocycles. The van der Waals surface area contributed by atoms with Gasteiger partial charge in [-0.2, -0.15) is 5.10 Å². The molecular weight excluding hydrogens is 320 g/mol. The van der Waals surface area contributed by atoms with Gasteiger partial charge in [0.15, 0.2) is 0 Å². The van der Waals surface area contributed by atoms with E-state index < -0.39 is 11.9 Å². The molecule has 0 spiro atoms. The van der Waals surface area contributed by atoms with Crippen molar-refractivity contribution in [1.29, 1.82) is 0 Å². The lowest BCUT2D eigenvalue weighted by atomic mass is 10.1. The maximum atomic E-state index is 12.5. The Morgan fingerprint density at radius 1 is 1.12 bits per heavy atom. The van der Waals surface area contributed by atoms with Crippen molar-refractivity contribution in [3.05, 3.63) is 71.7 Å². The highest BCUT2D eigenvalue weighted by Gasteiger charge is 2.19. The predicted molar refractivity (Wildman–Crippen MR) is 90.5 cm³/mol. The number of pyridine rings is 1. The molecule has 2 aromatic heterocycles. The third-order valence-corrected chi connectivity index (χ3v) is 3.59. The number of esters is 1. The molecular formula is C18H16N4O3. The second kappa shape index (κ2) is 6.96. The summed E-state index contributed by atoms with van der Waals surface area (Å²) in [5.74, 6) is -1.17. The second-order valence-electron chi connectivity index (χ2n) is 5.37. The SMILES string of the molecule is Cn1cc(C(=O)OCc2ncccc2C(N)=O)c(-c2ccccc2)n1. The van der Waals surface area contributed by atoms with Crippen LogP contribution < -0.4 is 5.73 Å². The molecule has 0 aliphatic heterocycles. The van der Waals surface area contributed by atoms with Crippen molar-refractivity contribution < 1.29 is 14.3 Å². The lowest BCUT2D eigenvalue weighted by Crippen LogP contribution is -2.16. The normalized spacial score (nSPS) is 10.4. The van der Waals surface area contributed by atoms with Crippen LogP contribution in [0.3, 0.4) is 0 Å². The highest BCUT2D eigenvalue weighted by Crippen LogP contribution is 2.22. The first-order chi connectivity index (χ1) is 12.1. The summed E-state index contributed by atoms with van der Waals surface area (Å²) in [6.07, 6.45) is 3.10. The molecule has 0 bridgehead atoms. The van der Waals surface area contributed by atoms with Crippen LogP contribution >= 0.6 is 0 Å². The maximum Gasteiger partial charge on any atom is 0.342 e. The molecule has 3 rings (SSSR count). The lowest BCUT2D eigenvalue weighted by Gasteiger charge is -2.07. The molecule has 0 saturated heterocycles. The van der Waals surface area contributed by atoms with Crippen LogP contribution in [0.25, 0.3) is 11.3 Å². The first kappa shape index (κ1) is 16.4. The van der Waals surface area contributed by atoms with Crippen molar-refractivity contribution >= 4 is 11.9 Å². The molecule has 0 saturated carbocycles. The van der Waals surface area contributed by atoms with E-state index in [1.807, 2.05) is 30.3 Å². The fourth-order valence-electron chi connectivity index (χ4n) is 2.44. The number of hydrogen-bond acceptors (Lipinski definition) is 5. The predicted octanol–water partition coefficient (Wildman–Crippen LogP) is 1.94. The molecule has 0 fully saturated rings. The summed E-state index contributed by atoms with van der Waals surface area (Å²) < 4.78 is 6.87. The van der Waals surface area contributed by atoms with E-state index in [0.717, 1.165) is 5.56 Å². The molecule has 0 aliphatic carbocycles. The number of aromatic nitrogens is 3. The first-order valence-corrected chi connectivity index (χ1v) is 7.56. The number of nitrogens with zero attached hydrogens (tertiary/aromatic N) is 3. The number of ether oxygens (including phenoxy) is 1. The van der Waals surface area contributed by atoms with Gasteiger partial charge in [-0.15, -0.1) is 0 Å². The van der Waals surface area contributed by atoms with Gasteiger partial charge in [-0.05, 0) is 12.1 Å². The molecule has 0 unspecified atom stereocenters. The van der Waals surface area contributed by atoms with Crippen LogP contribution in [0.4, 0.5) is 0 Å². The van der Waals surface area contributed by atoms with E-state index in [-0.39, 0.29) is 12.2 Å². The van der Waals surface area contributed by atoms with Crippen molar-refractivity contribution in [3.8, 4) is 11.3 Å². The second-order valence-corrected chi connectivity index (χ2v) is 5.37. The molecule has 25 heavy (non-hydrogen) atoms. The van der Waals surface area contributed by atoms with Crippen molar-refractivity contribution in [1.82, 2.24) is 14.8 Å². The van der Waals surface area contributed by atoms with Crippen molar-refractivity contribution in [2.45, 2.75) is 6.61 Å². The van der Waals surface area contributed by atoms with E-state index in [2.05, 4.69) is 10.1 Å². The highest BCUT2D eigenvalue weighted by molar-refractivity contribution is 5.96. The smallest absolute Gasteiger partial charge is 0.342 e. The minimum atomic E-state index is -0.620. The number of primary amides is 1.